The molecule has 128 valence electrons. The Labute approximate surface area is 146 Å². The maximum Gasteiger partial charge on any atom is 0.265 e. The first-order valence-corrected chi connectivity index (χ1v) is 9.48. The summed E-state index contributed by atoms with van der Waals surface area (Å²) in [5, 5.41) is 3.33. The fourth-order valence-corrected chi connectivity index (χ4v) is 2.81. The van der Waals surface area contributed by atoms with E-state index in [1.165, 1.54) is 24.3 Å². The van der Waals surface area contributed by atoms with E-state index in [0.29, 0.717) is 16.5 Å². The van der Waals surface area contributed by atoms with Crippen molar-refractivity contribution in [3.63, 3.8) is 0 Å². The van der Waals surface area contributed by atoms with Crippen LogP contribution in [0.3, 0.4) is 0 Å². The molecule has 0 heterocycles. The minimum absolute atomic E-state index is 0.196. The van der Waals surface area contributed by atoms with Gasteiger partial charge in [0.1, 0.15) is 5.75 Å². The Bertz CT molecular complexity index is 847. The van der Waals surface area contributed by atoms with E-state index >= 15 is 0 Å². The SMILES string of the molecule is Cc1c(Cl)cccc1NC(=O)C(C)Oc1ccc(S(C)(=O)=O)cc1. The first-order valence-electron chi connectivity index (χ1n) is 7.21. The Kier molecular flexibility index (Phi) is 5.51. The Balaban J connectivity index is 2.05. The van der Waals surface area contributed by atoms with E-state index in [0.717, 1.165) is 11.8 Å². The van der Waals surface area contributed by atoms with Crippen LogP contribution in [0.5, 0.6) is 5.75 Å². The predicted molar refractivity (Wildman–Crippen MR) is 94.5 cm³/mol. The monoisotopic (exact) mass is 367 g/mol. The lowest BCUT2D eigenvalue weighted by Crippen LogP contribution is -2.30. The number of ether oxygens (including phenoxy) is 1. The van der Waals surface area contributed by atoms with Crippen LogP contribution >= 0.6 is 11.6 Å². The summed E-state index contributed by atoms with van der Waals surface area (Å²) in [7, 11) is -3.26. The molecule has 2 aromatic carbocycles. The van der Waals surface area contributed by atoms with Gasteiger partial charge in [0.15, 0.2) is 15.9 Å². The van der Waals surface area contributed by atoms with Crippen LogP contribution in [0.1, 0.15) is 12.5 Å². The fourth-order valence-electron chi connectivity index (χ4n) is 2.00. The molecule has 0 aromatic heterocycles. The zero-order valence-electron chi connectivity index (χ0n) is 13.5. The van der Waals surface area contributed by atoms with Crippen molar-refractivity contribution in [2.75, 3.05) is 11.6 Å². The number of hydrogen-bond donors (Lipinski definition) is 1. The smallest absolute Gasteiger partial charge is 0.265 e. The van der Waals surface area contributed by atoms with Crippen LogP contribution < -0.4 is 10.1 Å². The van der Waals surface area contributed by atoms with E-state index in [2.05, 4.69) is 5.32 Å². The van der Waals surface area contributed by atoms with Gasteiger partial charge in [-0.15, -0.1) is 0 Å². The van der Waals surface area contributed by atoms with Crippen LogP contribution in [-0.2, 0) is 14.6 Å². The number of rotatable bonds is 5. The molecule has 7 heteroatoms. The van der Waals surface area contributed by atoms with Crippen LogP contribution in [0.2, 0.25) is 5.02 Å². The molecular weight excluding hydrogens is 350 g/mol. The third kappa shape index (κ3) is 4.49. The molecule has 1 unspecified atom stereocenters. The van der Waals surface area contributed by atoms with Gasteiger partial charge in [-0.05, 0) is 55.8 Å². The molecule has 1 atom stereocenters. The number of halogens is 1. The molecule has 0 saturated heterocycles. The van der Waals surface area contributed by atoms with Gasteiger partial charge in [0.2, 0.25) is 0 Å². The van der Waals surface area contributed by atoms with Gasteiger partial charge in [-0.3, -0.25) is 4.79 Å². The van der Waals surface area contributed by atoms with Gasteiger partial charge < -0.3 is 10.1 Å². The molecule has 0 aliphatic carbocycles. The van der Waals surface area contributed by atoms with Gasteiger partial charge >= 0.3 is 0 Å². The summed E-state index contributed by atoms with van der Waals surface area (Å²) >= 11 is 6.03. The lowest BCUT2D eigenvalue weighted by Gasteiger charge is -2.16. The standard InChI is InChI=1S/C17H18ClNO4S/c1-11-15(18)5-4-6-16(11)19-17(20)12(2)23-13-7-9-14(10-8-13)24(3,21)22/h4-10,12H,1-3H3,(H,19,20). The maximum atomic E-state index is 12.2. The highest BCUT2D eigenvalue weighted by Crippen LogP contribution is 2.23. The first-order chi connectivity index (χ1) is 11.2. The third-order valence-electron chi connectivity index (χ3n) is 3.46. The normalized spacial score (nSPS) is 12.5. The number of amides is 1. The average Bonchev–Trinajstić information content (AvgIpc) is 2.51. The highest BCUT2D eigenvalue weighted by atomic mass is 35.5. The molecule has 0 aliphatic rings. The fraction of sp³-hybridized carbons (Fsp3) is 0.235. The molecule has 24 heavy (non-hydrogen) atoms. The number of carbonyl (C=O) groups is 1. The van der Waals surface area contributed by atoms with Gasteiger partial charge in [0.25, 0.3) is 5.91 Å². The van der Waals surface area contributed by atoms with E-state index in [9.17, 15) is 13.2 Å². The van der Waals surface area contributed by atoms with Crippen molar-refractivity contribution in [3.8, 4) is 5.75 Å². The highest BCUT2D eigenvalue weighted by Gasteiger charge is 2.16. The Hall–Kier alpha value is -2.05. The van der Waals surface area contributed by atoms with Gasteiger partial charge in [-0.2, -0.15) is 0 Å². The second-order valence-electron chi connectivity index (χ2n) is 5.41. The molecule has 0 fully saturated rings. The molecule has 1 amide bonds. The molecule has 0 radical (unpaired) electrons. The molecule has 5 nitrogen and oxygen atoms in total. The quantitative estimate of drug-likeness (QED) is 0.878. The number of anilines is 1. The molecule has 0 aliphatic heterocycles. The van der Waals surface area contributed by atoms with Gasteiger partial charge in [-0.1, -0.05) is 17.7 Å². The van der Waals surface area contributed by atoms with E-state index in [4.69, 9.17) is 16.3 Å². The molecule has 0 spiro atoms. The minimum Gasteiger partial charge on any atom is -0.481 e. The summed E-state index contributed by atoms with van der Waals surface area (Å²) in [4.78, 5) is 12.4. The van der Waals surface area contributed by atoms with Crippen molar-refractivity contribution in [2.45, 2.75) is 24.8 Å². The van der Waals surface area contributed by atoms with Crippen LogP contribution in [0.25, 0.3) is 0 Å². The summed E-state index contributed by atoms with van der Waals surface area (Å²) in [5.41, 5.74) is 1.40. The van der Waals surface area contributed by atoms with Crippen LogP contribution in [-0.4, -0.2) is 26.7 Å². The van der Waals surface area contributed by atoms with Crippen LogP contribution in [0.15, 0.2) is 47.4 Å². The van der Waals surface area contributed by atoms with Crippen molar-refractivity contribution in [1.82, 2.24) is 0 Å². The number of sulfone groups is 1. The maximum absolute atomic E-state index is 12.2. The van der Waals surface area contributed by atoms with Crippen molar-refractivity contribution < 1.29 is 17.9 Å². The largest absolute Gasteiger partial charge is 0.481 e. The second kappa shape index (κ2) is 7.23. The second-order valence-corrected chi connectivity index (χ2v) is 7.83. The lowest BCUT2D eigenvalue weighted by atomic mass is 10.2. The zero-order valence-corrected chi connectivity index (χ0v) is 15.1. The summed E-state index contributed by atoms with van der Waals surface area (Å²) in [6.07, 6.45) is 0.374. The van der Waals surface area contributed by atoms with Gasteiger partial charge in [0.05, 0.1) is 4.90 Å². The Morgan fingerprint density at radius 3 is 2.38 bits per heavy atom. The van der Waals surface area contributed by atoms with Crippen molar-refractivity contribution in [3.05, 3.63) is 53.1 Å². The van der Waals surface area contributed by atoms with Gasteiger partial charge in [0, 0.05) is 17.0 Å². The molecule has 2 aromatic rings. The molecule has 1 N–H and O–H groups in total. The number of hydrogen-bond acceptors (Lipinski definition) is 4. The predicted octanol–water partition coefficient (Wildman–Crippen LogP) is 3.46. The van der Waals surface area contributed by atoms with E-state index < -0.39 is 15.9 Å². The average molecular weight is 368 g/mol. The third-order valence-corrected chi connectivity index (χ3v) is 5.00. The summed E-state index contributed by atoms with van der Waals surface area (Å²) in [6.45, 7) is 3.42. The highest BCUT2D eigenvalue weighted by molar-refractivity contribution is 7.90. The summed E-state index contributed by atoms with van der Waals surface area (Å²) in [6, 6.07) is 11.2. The van der Waals surface area contributed by atoms with E-state index in [-0.39, 0.29) is 10.8 Å². The molecule has 0 saturated carbocycles. The lowest BCUT2D eigenvalue weighted by molar-refractivity contribution is -0.122. The Morgan fingerprint density at radius 1 is 1.17 bits per heavy atom. The number of carbonyl (C=O) groups excluding carboxylic acids is 1. The van der Waals surface area contributed by atoms with Crippen molar-refractivity contribution in [2.24, 2.45) is 0 Å². The van der Waals surface area contributed by atoms with Crippen molar-refractivity contribution in [1.29, 1.82) is 0 Å². The van der Waals surface area contributed by atoms with E-state index in [1.54, 1.807) is 25.1 Å². The topological polar surface area (TPSA) is 72.5 Å². The van der Waals surface area contributed by atoms with Gasteiger partial charge in [-0.25, -0.2) is 8.42 Å². The Morgan fingerprint density at radius 2 is 1.79 bits per heavy atom. The number of nitrogens with one attached hydrogen (secondary N) is 1. The minimum atomic E-state index is -3.26. The number of benzene rings is 2. The molecule has 0 bridgehead atoms. The molecule has 2 rings (SSSR count). The van der Waals surface area contributed by atoms with Crippen LogP contribution in [0.4, 0.5) is 5.69 Å². The molecular formula is C17H18ClNO4S. The van der Waals surface area contributed by atoms with Crippen molar-refractivity contribution >= 4 is 33.0 Å². The first kappa shape index (κ1) is 18.3. The zero-order chi connectivity index (χ0) is 17.9. The van der Waals surface area contributed by atoms with Crippen LogP contribution in [0, 0.1) is 6.92 Å². The van der Waals surface area contributed by atoms with E-state index in [1.807, 2.05) is 6.92 Å². The summed E-state index contributed by atoms with van der Waals surface area (Å²) < 4.78 is 28.4. The summed E-state index contributed by atoms with van der Waals surface area (Å²) in [5.74, 6) is 0.0837.